The Morgan fingerprint density at radius 1 is 1.38 bits per heavy atom. The molecule has 0 radical (unpaired) electrons. The summed E-state index contributed by atoms with van der Waals surface area (Å²) >= 11 is 11.0. The lowest BCUT2D eigenvalue weighted by molar-refractivity contribution is 0.499. The number of hydrogen-bond donors (Lipinski definition) is 1. The summed E-state index contributed by atoms with van der Waals surface area (Å²) in [5.74, 6) is 0. The third-order valence-corrected chi connectivity index (χ3v) is 2.79. The van der Waals surface area contributed by atoms with E-state index in [1.165, 1.54) is 5.56 Å². The van der Waals surface area contributed by atoms with Gasteiger partial charge >= 0.3 is 0 Å². The molecule has 0 fully saturated rings. The molecule has 0 aliphatic rings. The number of rotatable bonds is 3. The average Bonchev–Trinajstić information content (AvgIpc) is 2.02. The molecule has 0 N–H and O–H groups in total. The van der Waals surface area contributed by atoms with E-state index in [0.717, 1.165) is 22.3 Å². The first-order chi connectivity index (χ1) is 6.11. The minimum atomic E-state index is 0.819. The summed E-state index contributed by atoms with van der Waals surface area (Å²) in [6, 6.07) is 3.98. The molecule has 72 valence electrons. The van der Waals surface area contributed by atoms with Crippen LogP contribution in [0.2, 0.25) is 0 Å². The lowest BCUT2D eigenvalue weighted by Crippen LogP contribution is -2.10. The zero-order chi connectivity index (χ0) is 9.84. The van der Waals surface area contributed by atoms with Gasteiger partial charge in [0.15, 0.2) is 0 Å². The molecule has 0 unspecified atom stereocenters. The van der Waals surface area contributed by atoms with Gasteiger partial charge in [0.1, 0.15) is 9.21 Å². The van der Waals surface area contributed by atoms with Crippen LogP contribution in [0.15, 0.2) is 21.3 Å². The van der Waals surface area contributed by atoms with E-state index in [0.29, 0.717) is 0 Å². The van der Waals surface area contributed by atoms with Crippen LogP contribution in [0, 0.1) is 0 Å². The molecule has 0 saturated carbocycles. The first kappa shape index (κ1) is 11.5. The highest BCUT2D eigenvalue weighted by atomic mass is 79.9. The Bertz CT molecular complexity index is 273. The van der Waals surface area contributed by atoms with Crippen LogP contribution in [0.25, 0.3) is 0 Å². The second kappa shape index (κ2) is 5.34. The van der Waals surface area contributed by atoms with Crippen molar-refractivity contribution in [3.05, 3.63) is 26.9 Å². The Kier molecular flexibility index (Phi) is 4.72. The lowest BCUT2D eigenvalue weighted by Gasteiger charge is -2.12. The molecule has 1 aromatic heterocycles. The fraction of sp³-hybridized carbons (Fsp3) is 0.375. The highest BCUT2D eigenvalue weighted by Gasteiger charge is 2.01. The lowest BCUT2D eigenvalue weighted by atomic mass is 10.3. The molecule has 1 aromatic rings. The van der Waals surface area contributed by atoms with Gasteiger partial charge in [-0.2, -0.15) is 0 Å². The monoisotopic (exact) mass is 324 g/mol. The van der Waals surface area contributed by atoms with Crippen molar-refractivity contribution in [3.63, 3.8) is 0 Å². The van der Waals surface area contributed by atoms with Gasteiger partial charge in [-0.15, -0.1) is 0 Å². The van der Waals surface area contributed by atoms with Gasteiger partial charge in [-0.3, -0.25) is 0 Å². The zero-order valence-electron chi connectivity index (χ0n) is 7.17. The predicted molar refractivity (Wildman–Crippen MR) is 64.7 cm³/mol. The van der Waals surface area contributed by atoms with E-state index in [9.17, 15) is 0 Å². The molecular formula is C8H10Br2N2S. The van der Waals surface area contributed by atoms with E-state index < -0.39 is 0 Å². The second-order valence-corrected chi connectivity index (χ2v) is 4.79. The van der Waals surface area contributed by atoms with Crippen LogP contribution in [0.5, 0.6) is 0 Å². The van der Waals surface area contributed by atoms with Crippen LogP contribution in [0.1, 0.15) is 12.5 Å². The van der Waals surface area contributed by atoms with Gasteiger partial charge in [0.05, 0.1) is 0 Å². The van der Waals surface area contributed by atoms with Crippen LogP contribution in [0.3, 0.4) is 0 Å². The van der Waals surface area contributed by atoms with E-state index in [4.69, 9.17) is 0 Å². The van der Waals surface area contributed by atoms with Crippen molar-refractivity contribution in [1.82, 2.24) is 9.29 Å². The van der Waals surface area contributed by atoms with Crippen LogP contribution >= 0.6 is 44.7 Å². The maximum atomic E-state index is 4.29. The molecule has 0 spiro atoms. The summed E-state index contributed by atoms with van der Waals surface area (Å²) in [6.45, 7) is 3.80. The third-order valence-electron chi connectivity index (χ3n) is 1.55. The summed E-state index contributed by atoms with van der Waals surface area (Å²) < 4.78 is 3.62. The van der Waals surface area contributed by atoms with Gasteiger partial charge < -0.3 is 0 Å². The Morgan fingerprint density at radius 2 is 1.92 bits per heavy atom. The van der Waals surface area contributed by atoms with Crippen molar-refractivity contribution >= 4 is 44.7 Å². The normalized spacial score (nSPS) is 10.8. The van der Waals surface area contributed by atoms with Crippen molar-refractivity contribution in [1.29, 1.82) is 0 Å². The highest BCUT2D eigenvalue weighted by molar-refractivity contribution is 9.11. The summed E-state index contributed by atoms with van der Waals surface area (Å²) in [4.78, 5) is 4.16. The van der Waals surface area contributed by atoms with Crippen LogP contribution in [-0.4, -0.2) is 15.8 Å². The Hall–Kier alpha value is 0.420. The molecule has 0 saturated heterocycles. The van der Waals surface area contributed by atoms with E-state index >= 15 is 0 Å². The van der Waals surface area contributed by atoms with Crippen LogP contribution < -0.4 is 0 Å². The van der Waals surface area contributed by atoms with Crippen molar-refractivity contribution in [2.75, 3.05) is 6.54 Å². The summed E-state index contributed by atoms with van der Waals surface area (Å²) in [5, 5.41) is 0. The molecule has 0 aliphatic heterocycles. The number of pyridine rings is 1. The van der Waals surface area contributed by atoms with Crippen molar-refractivity contribution in [2.45, 2.75) is 13.5 Å². The number of halogens is 2. The molecule has 0 atom stereocenters. The van der Waals surface area contributed by atoms with Crippen LogP contribution in [-0.2, 0) is 6.54 Å². The van der Waals surface area contributed by atoms with Crippen molar-refractivity contribution in [2.24, 2.45) is 0 Å². The van der Waals surface area contributed by atoms with E-state index in [1.807, 2.05) is 16.4 Å². The average molecular weight is 326 g/mol. The maximum Gasteiger partial charge on any atom is 0.107 e. The molecule has 1 rings (SSSR count). The van der Waals surface area contributed by atoms with Crippen molar-refractivity contribution in [3.8, 4) is 0 Å². The largest absolute Gasteiger partial charge is 0.249 e. The minimum absolute atomic E-state index is 0.819. The molecule has 0 aliphatic carbocycles. The Labute approximate surface area is 101 Å². The summed E-state index contributed by atoms with van der Waals surface area (Å²) in [7, 11) is 0. The Morgan fingerprint density at radius 3 is 2.38 bits per heavy atom. The predicted octanol–water partition coefficient (Wildman–Crippen LogP) is 3.27. The first-order valence-corrected chi connectivity index (χ1v) is 5.86. The second-order valence-electron chi connectivity index (χ2n) is 2.60. The third kappa shape index (κ3) is 3.97. The standard InChI is InChI=1S/C8H10Br2N2S/c1-2-12(13)5-6-3-7(9)11-8(10)4-6/h3-4,13H,2,5H2,1H3. The van der Waals surface area contributed by atoms with Crippen LogP contribution in [0.4, 0.5) is 0 Å². The topological polar surface area (TPSA) is 16.1 Å². The summed E-state index contributed by atoms with van der Waals surface area (Å²) in [5.41, 5.74) is 1.19. The number of hydrogen-bond acceptors (Lipinski definition) is 3. The molecular weight excluding hydrogens is 316 g/mol. The number of nitrogens with zero attached hydrogens (tertiary/aromatic N) is 2. The molecule has 1 heterocycles. The van der Waals surface area contributed by atoms with Gasteiger partial charge in [0.25, 0.3) is 0 Å². The van der Waals surface area contributed by atoms with Gasteiger partial charge in [0.2, 0.25) is 0 Å². The van der Waals surface area contributed by atoms with Gasteiger partial charge in [-0.1, -0.05) is 19.7 Å². The molecule has 0 amide bonds. The van der Waals surface area contributed by atoms with Gasteiger partial charge in [-0.25, -0.2) is 9.29 Å². The van der Waals surface area contributed by atoms with Gasteiger partial charge in [0, 0.05) is 13.1 Å². The van der Waals surface area contributed by atoms with Crippen molar-refractivity contribution < 1.29 is 0 Å². The van der Waals surface area contributed by atoms with E-state index in [1.54, 1.807) is 0 Å². The SMILES string of the molecule is CCN(S)Cc1cc(Br)nc(Br)c1. The summed E-state index contributed by atoms with van der Waals surface area (Å²) in [6.07, 6.45) is 0. The number of aromatic nitrogens is 1. The maximum absolute atomic E-state index is 4.29. The first-order valence-electron chi connectivity index (χ1n) is 3.87. The minimum Gasteiger partial charge on any atom is -0.249 e. The number of thiol groups is 1. The molecule has 5 heteroatoms. The van der Waals surface area contributed by atoms with Gasteiger partial charge in [-0.05, 0) is 49.6 Å². The highest BCUT2D eigenvalue weighted by Crippen LogP contribution is 2.17. The van der Waals surface area contributed by atoms with E-state index in [2.05, 4.69) is 56.6 Å². The molecule has 0 bridgehead atoms. The molecule has 2 nitrogen and oxygen atoms in total. The Balaban J connectivity index is 2.77. The quantitative estimate of drug-likeness (QED) is 0.678. The fourth-order valence-corrected chi connectivity index (χ4v) is 2.30. The molecule has 13 heavy (non-hydrogen) atoms. The fourth-order valence-electron chi connectivity index (χ4n) is 0.928. The van der Waals surface area contributed by atoms with E-state index in [-0.39, 0.29) is 0 Å². The molecule has 0 aromatic carbocycles. The zero-order valence-corrected chi connectivity index (χ0v) is 11.2. The smallest absolute Gasteiger partial charge is 0.107 e.